The van der Waals surface area contributed by atoms with Crippen LogP contribution in [0.3, 0.4) is 0 Å². The fourth-order valence-corrected chi connectivity index (χ4v) is 8.61. The van der Waals surface area contributed by atoms with Crippen molar-refractivity contribution in [2.24, 2.45) is 5.92 Å². The molecule has 306 valence electrons. The van der Waals surface area contributed by atoms with Crippen molar-refractivity contribution in [3.05, 3.63) is 46.5 Å². The van der Waals surface area contributed by atoms with Crippen LogP contribution in [0.2, 0.25) is 5.02 Å². The Bertz CT molecular complexity index is 1670. The number of halogens is 1. The van der Waals surface area contributed by atoms with Gasteiger partial charge in [-0.1, -0.05) is 63.1 Å². The molecule has 0 aromatic heterocycles. The highest BCUT2D eigenvalue weighted by Crippen LogP contribution is 2.49. The summed E-state index contributed by atoms with van der Waals surface area (Å²) in [6.07, 6.45) is 1.87. The lowest BCUT2D eigenvalue weighted by molar-refractivity contribution is -0.162. The second-order valence-electron chi connectivity index (χ2n) is 15.6. The number of fused-ring (bicyclic) bond motifs is 5. The lowest BCUT2D eigenvalue weighted by Gasteiger charge is -2.42. The second-order valence-corrected chi connectivity index (χ2v) is 17.9. The molecule has 1 aromatic carbocycles. The number of methoxy groups -OCH3 is 2. The van der Waals surface area contributed by atoms with E-state index in [9.17, 15) is 24.3 Å². The van der Waals surface area contributed by atoms with Crippen LogP contribution in [0.25, 0.3) is 0 Å². The average molecular weight is 808 g/mol. The van der Waals surface area contributed by atoms with Crippen LogP contribution in [-0.4, -0.2) is 114 Å². The van der Waals surface area contributed by atoms with Gasteiger partial charge >= 0.3 is 12.1 Å². The topological polar surface area (TPSA) is 156 Å². The normalized spacial score (nSPS) is 30.8. The summed E-state index contributed by atoms with van der Waals surface area (Å²) >= 11 is 8.55. The molecule has 55 heavy (non-hydrogen) atoms. The number of thioether (sulfide) groups is 1. The Morgan fingerprint density at radius 1 is 1.25 bits per heavy atom. The third-order valence-corrected chi connectivity index (χ3v) is 12.7. The Morgan fingerprint density at radius 3 is 2.58 bits per heavy atom. The minimum Gasteiger partial charge on any atom is -0.495 e. The van der Waals surface area contributed by atoms with Gasteiger partial charge in [0.1, 0.15) is 40.7 Å². The zero-order chi connectivity index (χ0) is 41.0. The summed E-state index contributed by atoms with van der Waals surface area (Å²) in [4.78, 5) is 57.0. The fourth-order valence-electron chi connectivity index (χ4n) is 7.27. The number of allylic oxidation sites excluding steroid dienone is 3. The average Bonchev–Trinajstić information content (AvgIpc) is 3.82. The van der Waals surface area contributed by atoms with E-state index in [2.05, 4.69) is 26.1 Å². The highest BCUT2D eigenvalue weighted by molar-refractivity contribution is 8.00. The minimum absolute atomic E-state index is 0.0465. The van der Waals surface area contributed by atoms with Crippen LogP contribution < -0.4 is 15.0 Å². The van der Waals surface area contributed by atoms with Crippen LogP contribution in [0.5, 0.6) is 5.75 Å². The van der Waals surface area contributed by atoms with Crippen molar-refractivity contribution in [2.45, 2.75) is 127 Å². The van der Waals surface area contributed by atoms with Gasteiger partial charge in [0.25, 0.3) is 0 Å². The summed E-state index contributed by atoms with van der Waals surface area (Å²) in [5.41, 5.74) is -0.893. The third-order valence-electron chi connectivity index (χ3n) is 11.0. The SMILES string of the molecule is CCSC(C)(C)CCC(=O)N(C)[C@@H](C)C(=O)O[C@H]1CC(=O)N(C)c2cc(cc(OC)c2Cl)C/C(C)=C/C=C/[C@@H](OC)[C@@]2(O)C[C@H](OC(=O)N2)[C@@H](C)[C@@H]2O[C@@]12C. The van der Waals surface area contributed by atoms with E-state index < -0.39 is 65.7 Å². The number of anilines is 1. The highest BCUT2D eigenvalue weighted by atomic mass is 35.5. The summed E-state index contributed by atoms with van der Waals surface area (Å²) in [7, 11) is 6.08. The van der Waals surface area contributed by atoms with E-state index in [1.807, 2.05) is 19.9 Å². The number of hydrogen-bond acceptors (Lipinski definition) is 11. The van der Waals surface area contributed by atoms with Crippen molar-refractivity contribution in [1.29, 1.82) is 0 Å². The van der Waals surface area contributed by atoms with Crippen molar-refractivity contribution in [3.63, 3.8) is 0 Å². The maximum Gasteiger partial charge on any atom is 0.409 e. The Morgan fingerprint density at radius 2 is 1.95 bits per heavy atom. The lowest BCUT2D eigenvalue weighted by Crippen LogP contribution is -2.63. The Kier molecular flexibility index (Phi) is 14.4. The van der Waals surface area contributed by atoms with Crippen LogP contribution in [0.1, 0.15) is 79.7 Å². The smallest absolute Gasteiger partial charge is 0.409 e. The number of carbonyl (C=O) groups excluding carboxylic acids is 4. The summed E-state index contributed by atoms with van der Waals surface area (Å²) in [5, 5.41) is 14.5. The van der Waals surface area contributed by atoms with E-state index >= 15 is 0 Å². The second kappa shape index (κ2) is 17.9. The Balaban J connectivity index is 1.71. The molecule has 13 nitrogen and oxygen atoms in total. The molecule has 3 heterocycles. The summed E-state index contributed by atoms with van der Waals surface area (Å²) in [6.45, 7) is 13.3. The first-order valence-electron chi connectivity index (χ1n) is 18.7. The predicted molar refractivity (Wildman–Crippen MR) is 212 cm³/mol. The van der Waals surface area contributed by atoms with Gasteiger partial charge in [-0.3, -0.25) is 14.9 Å². The zero-order valence-electron chi connectivity index (χ0n) is 33.9. The van der Waals surface area contributed by atoms with Gasteiger partial charge in [-0.15, -0.1) is 0 Å². The van der Waals surface area contributed by atoms with E-state index in [1.165, 1.54) is 24.0 Å². The zero-order valence-corrected chi connectivity index (χ0v) is 35.5. The van der Waals surface area contributed by atoms with E-state index in [-0.39, 0.29) is 34.9 Å². The van der Waals surface area contributed by atoms with Gasteiger partial charge in [0.05, 0.1) is 25.3 Å². The molecular weight excluding hydrogens is 750 g/mol. The van der Waals surface area contributed by atoms with Crippen LogP contribution in [0.4, 0.5) is 10.5 Å². The van der Waals surface area contributed by atoms with Crippen molar-refractivity contribution in [2.75, 3.05) is 39.0 Å². The molecule has 3 aliphatic heterocycles. The molecule has 1 aromatic rings. The van der Waals surface area contributed by atoms with E-state index in [4.69, 9.17) is 35.3 Å². The van der Waals surface area contributed by atoms with Gasteiger partial charge in [-0.25, -0.2) is 9.59 Å². The van der Waals surface area contributed by atoms with E-state index in [0.717, 1.165) is 16.9 Å². The first-order valence-corrected chi connectivity index (χ1v) is 20.0. The number of esters is 1. The van der Waals surface area contributed by atoms with Crippen LogP contribution in [0.15, 0.2) is 35.9 Å². The molecule has 3 aliphatic rings. The molecule has 4 bridgehead atoms. The molecule has 0 radical (unpaired) electrons. The van der Waals surface area contributed by atoms with Gasteiger partial charge in [0.2, 0.25) is 11.8 Å². The summed E-state index contributed by atoms with van der Waals surface area (Å²) in [5.74, 6) is -0.563. The first-order chi connectivity index (χ1) is 25.7. The molecule has 0 aliphatic carbocycles. The first kappa shape index (κ1) is 44.4. The number of alkyl carbamates (subject to hydrolysis) is 1. The third kappa shape index (κ3) is 10.4. The van der Waals surface area contributed by atoms with Gasteiger partial charge in [-0.2, -0.15) is 11.8 Å². The van der Waals surface area contributed by atoms with Crippen molar-refractivity contribution >= 4 is 52.9 Å². The molecule has 3 amide bonds. The number of aliphatic hydroxyl groups is 1. The maximum atomic E-state index is 14.2. The van der Waals surface area contributed by atoms with Crippen LogP contribution >= 0.6 is 23.4 Å². The number of nitrogens with zero attached hydrogens (tertiary/aromatic N) is 2. The van der Waals surface area contributed by atoms with Crippen molar-refractivity contribution in [3.8, 4) is 5.75 Å². The summed E-state index contributed by atoms with van der Waals surface area (Å²) < 4.78 is 29.2. The highest BCUT2D eigenvalue weighted by Gasteiger charge is 2.64. The van der Waals surface area contributed by atoms with Gasteiger partial charge < -0.3 is 38.6 Å². The lowest BCUT2D eigenvalue weighted by atomic mass is 9.83. The van der Waals surface area contributed by atoms with E-state index in [1.54, 1.807) is 64.0 Å². The molecule has 4 rings (SSSR count). The molecule has 0 saturated carbocycles. The standard InChI is InChI=1S/C40H58ClN3O10S/c1-12-55-38(5,6)17-16-32(45)43(8)25(4)36(47)53-31-21-33(46)44(9)27-19-26(20-28(50-10)34(27)41)18-23(2)14-13-15-30(51-11)40(49)22-29(52-37(48)42-40)24(3)35-39(31,7)54-35/h13-15,19-20,24-25,29-31,35,49H,12,16-18,21-22H2,1-11H3,(H,42,48)/b15-13+,23-14+/t24-,25+,29+,30-,31+,35+,39+,40+/m1/s1. The molecule has 15 heteroatoms. The minimum atomic E-state index is -1.82. The van der Waals surface area contributed by atoms with Crippen molar-refractivity contribution < 1.29 is 48.0 Å². The van der Waals surface area contributed by atoms with E-state index in [0.29, 0.717) is 24.3 Å². The molecular formula is C40H58ClN3O10S. The predicted octanol–water partition coefficient (Wildman–Crippen LogP) is 5.83. The molecule has 2 fully saturated rings. The van der Waals surface area contributed by atoms with Gasteiger partial charge in [-0.05, 0) is 57.1 Å². The van der Waals surface area contributed by atoms with Crippen LogP contribution in [0, 0.1) is 5.92 Å². The number of likely N-dealkylation sites (N-methyl/N-ethyl adjacent to an activating group) is 1. The number of hydrogen-bond donors (Lipinski definition) is 2. The number of rotatable bonds is 10. The quantitative estimate of drug-likeness (QED) is 0.217. The molecule has 2 saturated heterocycles. The molecule has 8 atom stereocenters. The summed E-state index contributed by atoms with van der Waals surface area (Å²) in [6, 6.07) is 2.63. The monoisotopic (exact) mass is 807 g/mol. The maximum absolute atomic E-state index is 14.2. The Labute approximate surface area is 334 Å². The molecule has 0 unspecified atom stereocenters. The van der Waals surface area contributed by atoms with Gasteiger partial charge in [0.15, 0.2) is 5.72 Å². The Hall–Kier alpha value is -3.30. The molecule has 2 N–H and O–H groups in total. The largest absolute Gasteiger partial charge is 0.495 e. The molecule has 0 spiro atoms. The number of nitrogens with one attached hydrogen (secondary N) is 1. The number of benzene rings is 1. The number of carbonyl (C=O) groups is 4. The number of amides is 3. The van der Waals surface area contributed by atoms with Crippen molar-refractivity contribution in [1.82, 2.24) is 10.2 Å². The fraction of sp³-hybridized carbons (Fsp3) is 0.650. The number of epoxide rings is 1. The van der Waals surface area contributed by atoms with Crippen LogP contribution in [-0.2, 0) is 39.8 Å². The van der Waals surface area contributed by atoms with Gasteiger partial charge in [0, 0.05) is 44.7 Å². The number of ether oxygens (including phenoxy) is 5.